The quantitative estimate of drug-likeness (QED) is 0.173. The van der Waals surface area contributed by atoms with Crippen molar-refractivity contribution >= 4 is 29.9 Å². The van der Waals surface area contributed by atoms with Crippen molar-refractivity contribution < 1.29 is 0 Å². The average molecular weight is 450 g/mol. The summed E-state index contributed by atoms with van der Waals surface area (Å²) in [5.41, 5.74) is 1.62. The molecule has 0 heterocycles. The largest absolute Gasteiger partial charge is 0.357 e. The van der Waals surface area contributed by atoms with Crippen LogP contribution in [0.15, 0.2) is 16.6 Å². The number of aliphatic imine (C=N–C) groups is 1. The average Bonchev–Trinajstić information content (AvgIpc) is 2.55. The number of hydrogen-bond donors (Lipinski definition) is 2. The summed E-state index contributed by atoms with van der Waals surface area (Å²) in [6, 6.07) is 0.631. The molecule has 1 aliphatic carbocycles. The van der Waals surface area contributed by atoms with Crippen molar-refractivity contribution in [1.29, 1.82) is 0 Å². The molecule has 142 valence electrons. The van der Waals surface area contributed by atoms with E-state index in [1.807, 2.05) is 0 Å². The number of allylic oxidation sites excluding steroid dienone is 1. The highest BCUT2D eigenvalue weighted by molar-refractivity contribution is 14.0. The number of nitrogens with one attached hydrogen (secondary N) is 2. The summed E-state index contributed by atoms with van der Waals surface area (Å²) >= 11 is 0. The Kier molecular flexibility index (Phi) is 14.8. The first-order valence-electron chi connectivity index (χ1n) is 9.53. The highest BCUT2D eigenvalue weighted by Crippen LogP contribution is 2.19. The molecular formula is C19H39IN4. The summed E-state index contributed by atoms with van der Waals surface area (Å²) in [6.45, 7) is 10.6. The van der Waals surface area contributed by atoms with Crippen molar-refractivity contribution in [2.24, 2.45) is 4.99 Å². The molecule has 5 heteroatoms. The lowest BCUT2D eigenvalue weighted by Gasteiger charge is -2.20. The van der Waals surface area contributed by atoms with Gasteiger partial charge in [-0.3, -0.25) is 4.99 Å². The van der Waals surface area contributed by atoms with E-state index >= 15 is 0 Å². The molecule has 0 atom stereocenters. The second-order valence-electron chi connectivity index (χ2n) is 6.83. The summed E-state index contributed by atoms with van der Waals surface area (Å²) < 4.78 is 0. The van der Waals surface area contributed by atoms with Gasteiger partial charge in [-0.25, -0.2) is 0 Å². The van der Waals surface area contributed by atoms with Crippen LogP contribution < -0.4 is 10.6 Å². The smallest absolute Gasteiger partial charge is 0.191 e. The summed E-state index contributed by atoms with van der Waals surface area (Å²) in [7, 11) is 2.19. The van der Waals surface area contributed by atoms with Crippen molar-refractivity contribution in [2.45, 2.75) is 71.8 Å². The minimum Gasteiger partial charge on any atom is -0.357 e. The van der Waals surface area contributed by atoms with Gasteiger partial charge < -0.3 is 15.5 Å². The molecular weight excluding hydrogens is 411 g/mol. The van der Waals surface area contributed by atoms with Crippen LogP contribution in [0.4, 0.5) is 0 Å². The van der Waals surface area contributed by atoms with Crippen molar-refractivity contribution in [3.8, 4) is 0 Å². The second-order valence-corrected chi connectivity index (χ2v) is 6.83. The molecule has 0 amide bonds. The van der Waals surface area contributed by atoms with E-state index in [1.165, 1.54) is 32.1 Å². The van der Waals surface area contributed by atoms with Crippen LogP contribution in [0, 0.1) is 0 Å². The SMILES string of the molecule is CCNC(=NCCCCN(C)C(C)C)NCCC1=CCCCC1.I. The Balaban J connectivity index is 0.00000529. The molecule has 0 fully saturated rings. The lowest BCUT2D eigenvalue weighted by atomic mass is 9.97. The Labute approximate surface area is 167 Å². The van der Waals surface area contributed by atoms with Crippen LogP contribution in [-0.2, 0) is 0 Å². The Bertz CT molecular complexity index is 366. The molecule has 4 nitrogen and oxygen atoms in total. The Morgan fingerprint density at radius 3 is 2.67 bits per heavy atom. The fourth-order valence-corrected chi connectivity index (χ4v) is 2.74. The molecule has 0 bridgehead atoms. The molecule has 2 N–H and O–H groups in total. The van der Waals surface area contributed by atoms with Crippen LogP contribution >= 0.6 is 24.0 Å². The van der Waals surface area contributed by atoms with E-state index in [2.05, 4.69) is 49.4 Å². The third-order valence-corrected chi connectivity index (χ3v) is 4.54. The van der Waals surface area contributed by atoms with E-state index in [0.717, 1.165) is 45.0 Å². The topological polar surface area (TPSA) is 39.7 Å². The van der Waals surface area contributed by atoms with Crippen molar-refractivity contribution in [3.63, 3.8) is 0 Å². The first kappa shape index (κ1) is 23.7. The first-order chi connectivity index (χ1) is 11.1. The monoisotopic (exact) mass is 450 g/mol. The van der Waals surface area contributed by atoms with E-state index in [1.54, 1.807) is 5.57 Å². The summed E-state index contributed by atoms with van der Waals surface area (Å²) in [5.74, 6) is 0.973. The number of unbranched alkanes of at least 4 members (excludes halogenated alkanes) is 1. The molecule has 1 rings (SSSR count). The highest BCUT2D eigenvalue weighted by Gasteiger charge is 2.04. The van der Waals surface area contributed by atoms with Gasteiger partial charge in [-0.05, 0) is 79.3 Å². The van der Waals surface area contributed by atoms with Gasteiger partial charge in [0.2, 0.25) is 0 Å². The predicted molar refractivity (Wildman–Crippen MR) is 118 cm³/mol. The number of halogens is 1. The fraction of sp³-hybridized carbons (Fsp3) is 0.842. The number of rotatable bonds is 10. The first-order valence-corrected chi connectivity index (χ1v) is 9.53. The zero-order valence-corrected chi connectivity index (χ0v) is 18.6. The molecule has 0 spiro atoms. The Hall–Kier alpha value is -0.300. The normalized spacial score (nSPS) is 15.2. The third-order valence-electron chi connectivity index (χ3n) is 4.54. The van der Waals surface area contributed by atoms with Gasteiger partial charge >= 0.3 is 0 Å². The van der Waals surface area contributed by atoms with Gasteiger partial charge in [0, 0.05) is 25.7 Å². The second kappa shape index (κ2) is 15.0. The minimum atomic E-state index is 0. The van der Waals surface area contributed by atoms with Crippen LogP contribution in [0.1, 0.15) is 65.7 Å². The van der Waals surface area contributed by atoms with Gasteiger partial charge in [0.05, 0.1) is 0 Å². The van der Waals surface area contributed by atoms with E-state index in [-0.39, 0.29) is 24.0 Å². The van der Waals surface area contributed by atoms with Crippen molar-refractivity contribution in [2.75, 3.05) is 33.2 Å². The van der Waals surface area contributed by atoms with Crippen LogP contribution in [0.3, 0.4) is 0 Å². The molecule has 0 aromatic heterocycles. The van der Waals surface area contributed by atoms with Gasteiger partial charge in [-0.1, -0.05) is 11.6 Å². The lowest BCUT2D eigenvalue weighted by molar-refractivity contribution is 0.269. The standard InChI is InChI=1S/C19H38N4.HI/c1-5-20-19(21-14-9-10-16-23(4)17(2)3)22-15-13-18-11-7-6-8-12-18;/h11,17H,5-10,12-16H2,1-4H3,(H2,20,21,22);1H. The molecule has 0 unspecified atom stereocenters. The van der Waals surface area contributed by atoms with Crippen molar-refractivity contribution in [1.82, 2.24) is 15.5 Å². The molecule has 0 aromatic rings. The Morgan fingerprint density at radius 1 is 1.25 bits per heavy atom. The highest BCUT2D eigenvalue weighted by atomic mass is 127. The van der Waals surface area contributed by atoms with Crippen LogP contribution in [-0.4, -0.2) is 50.1 Å². The number of guanidine groups is 1. The lowest BCUT2D eigenvalue weighted by Crippen LogP contribution is -2.38. The van der Waals surface area contributed by atoms with Crippen LogP contribution in [0.25, 0.3) is 0 Å². The van der Waals surface area contributed by atoms with Gasteiger partial charge in [-0.15, -0.1) is 24.0 Å². The Morgan fingerprint density at radius 2 is 2.04 bits per heavy atom. The van der Waals surface area contributed by atoms with Crippen molar-refractivity contribution in [3.05, 3.63) is 11.6 Å². The molecule has 0 radical (unpaired) electrons. The van der Waals surface area contributed by atoms with Crippen LogP contribution in [0.2, 0.25) is 0 Å². The zero-order valence-electron chi connectivity index (χ0n) is 16.2. The summed E-state index contributed by atoms with van der Waals surface area (Å²) in [6.07, 6.45) is 11.2. The summed E-state index contributed by atoms with van der Waals surface area (Å²) in [5, 5.41) is 6.82. The number of hydrogen-bond acceptors (Lipinski definition) is 2. The number of nitrogens with zero attached hydrogens (tertiary/aromatic N) is 2. The maximum Gasteiger partial charge on any atom is 0.191 e. The molecule has 0 saturated carbocycles. The van der Waals surface area contributed by atoms with Crippen LogP contribution in [0.5, 0.6) is 0 Å². The predicted octanol–water partition coefficient (Wildman–Crippen LogP) is 4.17. The van der Waals surface area contributed by atoms with E-state index in [9.17, 15) is 0 Å². The third kappa shape index (κ3) is 11.3. The van der Waals surface area contributed by atoms with E-state index in [0.29, 0.717) is 6.04 Å². The van der Waals surface area contributed by atoms with Gasteiger partial charge in [0.1, 0.15) is 0 Å². The van der Waals surface area contributed by atoms with Gasteiger partial charge in [0.15, 0.2) is 5.96 Å². The van der Waals surface area contributed by atoms with Gasteiger partial charge in [0.25, 0.3) is 0 Å². The zero-order chi connectivity index (χ0) is 16.9. The molecule has 0 saturated heterocycles. The maximum atomic E-state index is 4.69. The van der Waals surface area contributed by atoms with Gasteiger partial charge in [-0.2, -0.15) is 0 Å². The molecule has 0 aromatic carbocycles. The summed E-state index contributed by atoms with van der Waals surface area (Å²) in [4.78, 5) is 7.09. The molecule has 1 aliphatic rings. The maximum absolute atomic E-state index is 4.69. The minimum absolute atomic E-state index is 0. The molecule has 0 aliphatic heterocycles. The fourth-order valence-electron chi connectivity index (χ4n) is 2.74. The van der Waals surface area contributed by atoms with E-state index < -0.39 is 0 Å². The van der Waals surface area contributed by atoms with E-state index in [4.69, 9.17) is 4.99 Å². The molecule has 24 heavy (non-hydrogen) atoms.